The van der Waals surface area contributed by atoms with E-state index in [1.165, 1.54) is 4.88 Å². The number of carbonyl (C=O) groups is 1. The number of amides is 1. The summed E-state index contributed by atoms with van der Waals surface area (Å²) in [6.07, 6.45) is 2.66. The third kappa shape index (κ3) is 4.67. The van der Waals surface area contributed by atoms with Crippen molar-refractivity contribution in [2.45, 2.75) is 65.3 Å². The van der Waals surface area contributed by atoms with Crippen LogP contribution in [0.25, 0.3) is 0 Å². The molecule has 142 valence electrons. The molecule has 0 atom stereocenters. The lowest BCUT2D eigenvalue weighted by atomic mass is 9.96. The predicted octanol–water partition coefficient (Wildman–Crippen LogP) is 3.16. The number of carbonyl (C=O) groups excluding carboxylic acids is 1. The van der Waals surface area contributed by atoms with E-state index in [4.69, 9.17) is 4.52 Å². The van der Waals surface area contributed by atoms with Crippen molar-refractivity contribution >= 4 is 22.4 Å². The second-order valence-corrected chi connectivity index (χ2v) is 8.75. The minimum absolute atomic E-state index is 0.0148. The van der Waals surface area contributed by atoms with Gasteiger partial charge in [-0.05, 0) is 13.0 Å². The fourth-order valence-electron chi connectivity index (χ4n) is 2.81. The molecule has 1 amide bonds. The van der Waals surface area contributed by atoms with E-state index < -0.39 is 0 Å². The number of thiazole rings is 1. The monoisotopic (exact) mass is 377 g/mol. The van der Waals surface area contributed by atoms with Crippen molar-refractivity contribution in [1.29, 1.82) is 0 Å². The van der Waals surface area contributed by atoms with Crippen molar-refractivity contribution in [2.24, 2.45) is 0 Å². The van der Waals surface area contributed by atoms with E-state index >= 15 is 0 Å². The average molecular weight is 378 g/mol. The molecule has 0 fully saturated rings. The number of hydrogen-bond donors (Lipinski definition) is 1. The summed E-state index contributed by atoms with van der Waals surface area (Å²) in [6.45, 7) is 11.3. The largest absolute Gasteiger partial charge is 0.339 e. The minimum Gasteiger partial charge on any atom is -0.339 e. The summed E-state index contributed by atoms with van der Waals surface area (Å²) < 4.78 is 5.26. The molecule has 2 aromatic rings. The lowest BCUT2D eigenvalue weighted by molar-refractivity contribution is -0.116. The van der Waals surface area contributed by atoms with Gasteiger partial charge in [0.05, 0.1) is 5.69 Å². The topological polar surface area (TPSA) is 84.2 Å². The highest BCUT2D eigenvalue weighted by Gasteiger charge is 2.22. The Bertz CT molecular complexity index is 762. The zero-order valence-electron chi connectivity index (χ0n) is 16.0. The normalized spacial score (nSPS) is 15.1. The summed E-state index contributed by atoms with van der Waals surface area (Å²) in [5.74, 6) is 1.28. The van der Waals surface area contributed by atoms with Gasteiger partial charge in [0.2, 0.25) is 11.8 Å². The highest BCUT2D eigenvalue weighted by atomic mass is 32.1. The van der Waals surface area contributed by atoms with Gasteiger partial charge in [-0.2, -0.15) is 4.98 Å². The molecular formula is C18H27N5O2S. The number of fused-ring (bicyclic) bond motifs is 1. The van der Waals surface area contributed by atoms with Crippen LogP contribution in [-0.4, -0.2) is 39.0 Å². The molecule has 8 heteroatoms. The second-order valence-electron chi connectivity index (χ2n) is 7.67. The van der Waals surface area contributed by atoms with E-state index in [0.717, 1.165) is 31.7 Å². The molecule has 3 heterocycles. The standard InChI is InChI=1S/C18H27N5O2S/c1-5-23-10-9-12-13(11-23)26-17(19-12)20-14(24)7-6-8-15-21-16(22-25-15)18(2,3)4/h5-11H2,1-4H3,(H,19,20,24). The minimum atomic E-state index is -0.129. The lowest BCUT2D eigenvalue weighted by Gasteiger charge is -2.23. The molecular weight excluding hydrogens is 350 g/mol. The van der Waals surface area contributed by atoms with E-state index in [2.05, 4.69) is 32.3 Å². The van der Waals surface area contributed by atoms with Gasteiger partial charge in [0.25, 0.3) is 0 Å². The molecule has 1 N–H and O–H groups in total. The van der Waals surface area contributed by atoms with Gasteiger partial charge in [0, 0.05) is 42.6 Å². The van der Waals surface area contributed by atoms with Gasteiger partial charge in [-0.3, -0.25) is 9.69 Å². The first-order valence-electron chi connectivity index (χ1n) is 9.19. The van der Waals surface area contributed by atoms with Gasteiger partial charge in [0.1, 0.15) is 0 Å². The van der Waals surface area contributed by atoms with Crippen LogP contribution in [0.5, 0.6) is 0 Å². The number of nitrogens with zero attached hydrogens (tertiary/aromatic N) is 4. The van der Waals surface area contributed by atoms with E-state index in [1.807, 2.05) is 20.8 Å². The molecule has 0 bridgehead atoms. The molecule has 3 rings (SSSR count). The summed E-state index contributed by atoms with van der Waals surface area (Å²) in [7, 11) is 0. The number of aromatic nitrogens is 3. The van der Waals surface area contributed by atoms with Crippen molar-refractivity contribution in [3.63, 3.8) is 0 Å². The van der Waals surface area contributed by atoms with Crippen LogP contribution in [0, 0.1) is 0 Å². The predicted molar refractivity (Wildman–Crippen MR) is 101 cm³/mol. The van der Waals surface area contributed by atoms with E-state index in [1.54, 1.807) is 11.3 Å². The molecule has 1 aliphatic rings. The Morgan fingerprint density at radius 1 is 1.35 bits per heavy atom. The number of hydrogen-bond acceptors (Lipinski definition) is 7. The van der Waals surface area contributed by atoms with Crippen LogP contribution in [0.3, 0.4) is 0 Å². The van der Waals surface area contributed by atoms with Crippen LogP contribution < -0.4 is 5.32 Å². The third-order valence-electron chi connectivity index (χ3n) is 4.44. The maximum Gasteiger partial charge on any atom is 0.226 e. The quantitative estimate of drug-likeness (QED) is 0.832. The van der Waals surface area contributed by atoms with Gasteiger partial charge >= 0.3 is 0 Å². The summed E-state index contributed by atoms with van der Waals surface area (Å²) in [5, 5.41) is 7.65. The Hall–Kier alpha value is -1.80. The maximum atomic E-state index is 12.2. The van der Waals surface area contributed by atoms with Gasteiger partial charge in [0.15, 0.2) is 11.0 Å². The zero-order chi connectivity index (χ0) is 18.7. The molecule has 2 aromatic heterocycles. The second kappa shape index (κ2) is 7.84. The Balaban J connectivity index is 1.46. The molecule has 1 aliphatic heterocycles. The molecule has 0 spiro atoms. The van der Waals surface area contributed by atoms with Gasteiger partial charge in [-0.25, -0.2) is 4.98 Å². The van der Waals surface area contributed by atoms with Crippen LogP contribution >= 0.6 is 11.3 Å². The van der Waals surface area contributed by atoms with Crippen molar-refractivity contribution in [3.8, 4) is 0 Å². The Morgan fingerprint density at radius 2 is 2.15 bits per heavy atom. The molecule has 0 unspecified atom stereocenters. The fraction of sp³-hybridized carbons (Fsp3) is 0.667. The Kier molecular flexibility index (Phi) is 5.72. The van der Waals surface area contributed by atoms with Gasteiger partial charge < -0.3 is 9.84 Å². The summed E-state index contributed by atoms with van der Waals surface area (Å²) >= 11 is 1.59. The summed E-state index contributed by atoms with van der Waals surface area (Å²) in [5.41, 5.74) is 1.01. The first-order chi connectivity index (χ1) is 12.3. The number of rotatable bonds is 6. The van der Waals surface area contributed by atoms with Gasteiger partial charge in [-0.1, -0.05) is 32.9 Å². The van der Waals surface area contributed by atoms with Crippen molar-refractivity contribution in [2.75, 3.05) is 18.4 Å². The van der Waals surface area contributed by atoms with E-state index in [9.17, 15) is 4.79 Å². The fourth-order valence-corrected chi connectivity index (χ4v) is 3.88. The first-order valence-corrected chi connectivity index (χ1v) is 10.0. The molecule has 7 nitrogen and oxygen atoms in total. The Labute approximate surface area is 158 Å². The molecule has 0 aromatic carbocycles. The molecule has 26 heavy (non-hydrogen) atoms. The number of anilines is 1. The first kappa shape index (κ1) is 19.0. The number of nitrogens with one attached hydrogen (secondary N) is 1. The molecule has 0 radical (unpaired) electrons. The van der Waals surface area contributed by atoms with Crippen molar-refractivity contribution in [3.05, 3.63) is 22.3 Å². The molecule has 0 aliphatic carbocycles. The SMILES string of the molecule is CCN1CCc2nc(NC(=O)CCCc3nc(C(C)(C)C)no3)sc2C1. The van der Waals surface area contributed by atoms with Crippen molar-refractivity contribution in [1.82, 2.24) is 20.0 Å². The number of likely N-dealkylation sites (N-methyl/N-ethyl adjacent to an activating group) is 1. The summed E-state index contributed by atoms with van der Waals surface area (Å²) in [6, 6.07) is 0. The smallest absolute Gasteiger partial charge is 0.226 e. The maximum absolute atomic E-state index is 12.2. The number of aryl methyl sites for hydroxylation is 1. The highest BCUT2D eigenvalue weighted by molar-refractivity contribution is 7.15. The third-order valence-corrected chi connectivity index (χ3v) is 5.44. The van der Waals surface area contributed by atoms with Crippen LogP contribution in [0.2, 0.25) is 0 Å². The van der Waals surface area contributed by atoms with Crippen LogP contribution in [0.4, 0.5) is 5.13 Å². The van der Waals surface area contributed by atoms with Crippen molar-refractivity contribution < 1.29 is 9.32 Å². The van der Waals surface area contributed by atoms with Gasteiger partial charge in [-0.15, -0.1) is 11.3 Å². The molecule has 0 saturated carbocycles. The lowest BCUT2D eigenvalue weighted by Crippen LogP contribution is -2.29. The van der Waals surface area contributed by atoms with Crippen LogP contribution in [-0.2, 0) is 29.6 Å². The Morgan fingerprint density at radius 3 is 2.85 bits per heavy atom. The van der Waals surface area contributed by atoms with Crippen LogP contribution in [0.15, 0.2) is 4.52 Å². The highest BCUT2D eigenvalue weighted by Crippen LogP contribution is 2.28. The van der Waals surface area contributed by atoms with Crippen LogP contribution in [0.1, 0.15) is 62.8 Å². The molecule has 0 saturated heterocycles. The average Bonchev–Trinajstić information content (AvgIpc) is 3.19. The zero-order valence-corrected chi connectivity index (χ0v) is 16.8. The van der Waals surface area contributed by atoms with E-state index in [-0.39, 0.29) is 11.3 Å². The van der Waals surface area contributed by atoms with E-state index in [0.29, 0.717) is 36.1 Å². The summed E-state index contributed by atoms with van der Waals surface area (Å²) in [4.78, 5) is 24.8.